The van der Waals surface area contributed by atoms with E-state index in [2.05, 4.69) is 5.32 Å². The number of rotatable bonds is 0. The van der Waals surface area contributed by atoms with Gasteiger partial charge in [-0.2, -0.15) is 0 Å². The molecule has 3 heteroatoms. The molecule has 13 heavy (non-hydrogen) atoms. The highest BCUT2D eigenvalue weighted by Gasteiger charge is 2.04. The third kappa shape index (κ3) is 14.7. The molecule has 3 N–H and O–H groups in total. The number of ether oxygens (including phenoxy) is 1. The van der Waals surface area contributed by atoms with E-state index in [9.17, 15) is 0 Å². The average molecular weight is 191 g/mol. The molecular weight excluding hydrogens is 166 g/mol. The second-order valence-corrected chi connectivity index (χ2v) is 4.13. The highest BCUT2D eigenvalue weighted by atomic mass is 16.5. The molecule has 0 aromatic carbocycles. The Morgan fingerprint density at radius 1 is 1.00 bits per heavy atom. The fourth-order valence-corrected chi connectivity index (χ4v) is 0.802. The van der Waals surface area contributed by atoms with Crippen LogP contribution < -0.4 is 5.32 Å². The monoisotopic (exact) mass is 191 g/mol. The van der Waals surface area contributed by atoms with Crippen molar-refractivity contribution in [3.05, 3.63) is 0 Å². The van der Waals surface area contributed by atoms with Crippen molar-refractivity contribution >= 4 is 0 Å². The molecule has 0 aromatic rings. The Morgan fingerprint density at radius 3 is 1.46 bits per heavy atom. The van der Waals surface area contributed by atoms with E-state index < -0.39 is 0 Å². The van der Waals surface area contributed by atoms with Crippen LogP contribution in [0, 0.1) is 0 Å². The van der Waals surface area contributed by atoms with Crippen LogP contribution in [0.15, 0.2) is 0 Å². The minimum Gasteiger partial charge on any atom is -0.412 e. The van der Waals surface area contributed by atoms with Gasteiger partial charge in [-0.05, 0) is 46.7 Å². The summed E-state index contributed by atoms with van der Waals surface area (Å²) in [6.45, 7) is 8.56. The molecule has 1 saturated heterocycles. The SMILES string of the molecule is C1CCNCC1.COC(C)(C)C.O. The lowest BCUT2D eigenvalue weighted by Crippen LogP contribution is -2.21. The van der Waals surface area contributed by atoms with Gasteiger partial charge in [0.1, 0.15) is 0 Å². The highest BCUT2D eigenvalue weighted by Crippen LogP contribution is 2.02. The molecule has 0 saturated carbocycles. The summed E-state index contributed by atoms with van der Waals surface area (Å²) in [6, 6.07) is 0. The van der Waals surface area contributed by atoms with Crippen molar-refractivity contribution in [3.8, 4) is 0 Å². The molecule has 0 bridgehead atoms. The number of piperidine rings is 1. The van der Waals surface area contributed by atoms with E-state index in [1.807, 2.05) is 20.8 Å². The first-order chi connectivity index (χ1) is 5.56. The summed E-state index contributed by atoms with van der Waals surface area (Å²) in [5, 5.41) is 3.28. The van der Waals surface area contributed by atoms with Crippen LogP contribution in [0.5, 0.6) is 0 Å². The zero-order valence-corrected chi connectivity index (χ0v) is 9.44. The fourth-order valence-electron chi connectivity index (χ4n) is 0.802. The quantitative estimate of drug-likeness (QED) is 0.628. The average Bonchev–Trinajstić information content (AvgIpc) is 2.07. The minimum atomic E-state index is 0. The zero-order valence-electron chi connectivity index (χ0n) is 9.44. The third-order valence-corrected chi connectivity index (χ3v) is 1.82. The summed E-state index contributed by atoms with van der Waals surface area (Å²) in [6.07, 6.45) is 4.22. The van der Waals surface area contributed by atoms with E-state index in [1.165, 1.54) is 32.4 Å². The Balaban J connectivity index is 0. The second kappa shape index (κ2) is 8.48. The number of nitrogens with one attached hydrogen (secondary N) is 1. The Labute approximate surface area is 82.2 Å². The molecule has 1 rings (SSSR count). The van der Waals surface area contributed by atoms with E-state index in [4.69, 9.17) is 4.74 Å². The van der Waals surface area contributed by atoms with Gasteiger partial charge in [-0.15, -0.1) is 0 Å². The van der Waals surface area contributed by atoms with Crippen molar-refractivity contribution in [2.75, 3.05) is 20.2 Å². The first-order valence-corrected chi connectivity index (χ1v) is 4.82. The normalized spacial score (nSPS) is 16.6. The predicted octanol–water partition coefficient (Wildman–Crippen LogP) is 1.37. The lowest BCUT2D eigenvalue weighted by Gasteiger charge is -2.14. The maximum Gasteiger partial charge on any atom is 0.0594 e. The summed E-state index contributed by atoms with van der Waals surface area (Å²) >= 11 is 0. The number of hydrogen-bond acceptors (Lipinski definition) is 2. The molecule has 0 aliphatic carbocycles. The van der Waals surface area contributed by atoms with Gasteiger partial charge in [0.25, 0.3) is 0 Å². The van der Waals surface area contributed by atoms with E-state index in [0.717, 1.165) is 0 Å². The number of hydrogen-bond donors (Lipinski definition) is 1. The largest absolute Gasteiger partial charge is 0.412 e. The van der Waals surface area contributed by atoms with Crippen LogP contribution in [0.1, 0.15) is 40.0 Å². The van der Waals surface area contributed by atoms with Gasteiger partial charge in [-0.3, -0.25) is 0 Å². The van der Waals surface area contributed by atoms with Gasteiger partial charge < -0.3 is 15.5 Å². The van der Waals surface area contributed by atoms with Crippen molar-refractivity contribution in [1.82, 2.24) is 5.32 Å². The van der Waals surface area contributed by atoms with Crippen LogP contribution in [0.4, 0.5) is 0 Å². The van der Waals surface area contributed by atoms with E-state index >= 15 is 0 Å². The standard InChI is InChI=1S/C5H11N.C5H12O.H2O/c1-2-4-6-5-3-1;1-5(2,3)6-4;/h6H,1-5H2;1-4H3;1H2. The van der Waals surface area contributed by atoms with Gasteiger partial charge in [-0.25, -0.2) is 0 Å². The lowest BCUT2D eigenvalue weighted by molar-refractivity contribution is 0.0397. The van der Waals surface area contributed by atoms with Gasteiger partial charge in [0.2, 0.25) is 0 Å². The zero-order chi connectivity index (χ0) is 9.45. The summed E-state index contributed by atoms with van der Waals surface area (Å²) in [5.41, 5.74) is 0.0417. The van der Waals surface area contributed by atoms with Crippen LogP contribution in [0.2, 0.25) is 0 Å². The van der Waals surface area contributed by atoms with Gasteiger partial charge in [0, 0.05) is 7.11 Å². The maximum atomic E-state index is 4.94. The summed E-state index contributed by atoms with van der Waals surface area (Å²) < 4.78 is 4.94. The smallest absolute Gasteiger partial charge is 0.0594 e. The predicted molar refractivity (Wildman–Crippen MR) is 57.1 cm³/mol. The van der Waals surface area contributed by atoms with Crippen molar-refractivity contribution in [2.45, 2.75) is 45.6 Å². The summed E-state index contributed by atoms with van der Waals surface area (Å²) in [7, 11) is 1.71. The van der Waals surface area contributed by atoms with E-state index in [1.54, 1.807) is 7.11 Å². The van der Waals surface area contributed by atoms with Crippen LogP contribution in [-0.2, 0) is 4.74 Å². The summed E-state index contributed by atoms with van der Waals surface area (Å²) in [5.74, 6) is 0. The molecule has 0 atom stereocenters. The maximum absolute atomic E-state index is 4.94. The Morgan fingerprint density at radius 2 is 1.38 bits per heavy atom. The lowest BCUT2D eigenvalue weighted by atomic mass is 10.2. The van der Waals surface area contributed by atoms with E-state index in [-0.39, 0.29) is 11.1 Å². The fraction of sp³-hybridized carbons (Fsp3) is 1.00. The van der Waals surface area contributed by atoms with Crippen molar-refractivity contribution in [1.29, 1.82) is 0 Å². The minimum absolute atomic E-state index is 0. The molecule has 1 aliphatic rings. The van der Waals surface area contributed by atoms with E-state index in [0.29, 0.717) is 0 Å². The van der Waals surface area contributed by atoms with Crippen molar-refractivity contribution in [3.63, 3.8) is 0 Å². The van der Waals surface area contributed by atoms with Crippen LogP contribution in [0.3, 0.4) is 0 Å². The Hall–Kier alpha value is -0.120. The molecule has 82 valence electrons. The molecule has 0 spiro atoms. The molecule has 0 unspecified atom stereocenters. The number of methoxy groups -OCH3 is 1. The molecule has 0 amide bonds. The van der Waals surface area contributed by atoms with Crippen LogP contribution in [-0.4, -0.2) is 31.3 Å². The molecule has 3 nitrogen and oxygen atoms in total. The van der Waals surface area contributed by atoms with Gasteiger partial charge in [0.15, 0.2) is 0 Å². The highest BCUT2D eigenvalue weighted by molar-refractivity contribution is 4.55. The van der Waals surface area contributed by atoms with Crippen molar-refractivity contribution < 1.29 is 10.2 Å². The molecule has 1 aliphatic heterocycles. The van der Waals surface area contributed by atoms with Gasteiger partial charge in [-0.1, -0.05) is 6.42 Å². The molecule has 0 radical (unpaired) electrons. The Bertz CT molecular complexity index is 84.1. The first kappa shape index (κ1) is 15.4. The third-order valence-electron chi connectivity index (χ3n) is 1.82. The Kier molecular flexibility index (Phi) is 10.0. The molecular formula is C10H25NO2. The molecule has 1 fully saturated rings. The topological polar surface area (TPSA) is 52.8 Å². The van der Waals surface area contributed by atoms with Gasteiger partial charge in [0.05, 0.1) is 5.60 Å². The van der Waals surface area contributed by atoms with Crippen LogP contribution >= 0.6 is 0 Å². The van der Waals surface area contributed by atoms with Gasteiger partial charge >= 0.3 is 0 Å². The molecule has 0 aromatic heterocycles. The molecule has 1 heterocycles. The first-order valence-electron chi connectivity index (χ1n) is 4.82. The van der Waals surface area contributed by atoms with Crippen LogP contribution in [0.25, 0.3) is 0 Å². The van der Waals surface area contributed by atoms with Crippen molar-refractivity contribution in [2.24, 2.45) is 0 Å². The second-order valence-electron chi connectivity index (χ2n) is 4.13. The summed E-state index contributed by atoms with van der Waals surface area (Å²) in [4.78, 5) is 0.